The number of benzene rings is 2. The zero-order chi connectivity index (χ0) is 15.9. The Morgan fingerprint density at radius 1 is 1.27 bits per heavy atom. The number of nitrogens with zero attached hydrogens (tertiary/aromatic N) is 1. The highest BCUT2D eigenvalue weighted by Gasteiger charge is 2.05. The smallest absolute Gasteiger partial charge is 0.265 e. The average Bonchev–Trinajstić information content (AvgIpc) is 2.49. The number of carbonyl (C=O) groups excluding carboxylic acids is 1. The maximum absolute atomic E-state index is 13.3. The first-order valence-corrected chi connectivity index (χ1v) is 6.83. The Bertz CT molecular complexity index is 699. The first kappa shape index (κ1) is 15.7. The van der Waals surface area contributed by atoms with Crippen molar-refractivity contribution < 1.29 is 14.0 Å². The summed E-state index contributed by atoms with van der Waals surface area (Å²) in [6.07, 6.45) is 1.24. The molecule has 0 spiro atoms. The van der Waals surface area contributed by atoms with Gasteiger partial charge in [0.1, 0.15) is 5.82 Å². The van der Waals surface area contributed by atoms with E-state index in [1.807, 2.05) is 32.0 Å². The SMILES string of the molecule is Cc1ccc(C)c(NC(=O)CO/N=C\c2ccccc2F)c1. The largest absolute Gasteiger partial charge is 0.386 e. The molecule has 0 aliphatic rings. The van der Waals surface area contributed by atoms with Crippen LogP contribution in [-0.2, 0) is 9.63 Å². The van der Waals surface area contributed by atoms with Gasteiger partial charge in [-0.05, 0) is 37.1 Å². The van der Waals surface area contributed by atoms with Gasteiger partial charge in [0, 0.05) is 11.3 Å². The van der Waals surface area contributed by atoms with Crippen LogP contribution in [0.3, 0.4) is 0 Å². The van der Waals surface area contributed by atoms with Gasteiger partial charge in [0.2, 0.25) is 0 Å². The fourth-order valence-corrected chi connectivity index (χ4v) is 1.83. The lowest BCUT2D eigenvalue weighted by Crippen LogP contribution is -2.17. The molecule has 0 bridgehead atoms. The molecular weight excluding hydrogens is 283 g/mol. The van der Waals surface area contributed by atoms with Crippen molar-refractivity contribution in [2.24, 2.45) is 5.16 Å². The average molecular weight is 300 g/mol. The van der Waals surface area contributed by atoms with Crippen LogP contribution in [0, 0.1) is 19.7 Å². The number of oxime groups is 1. The van der Waals surface area contributed by atoms with Crippen LogP contribution in [-0.4, -0.2) is 18.7 Å². The van der Waals surface area contributed by atoms with E-state index in [4.69, 9.17) is 4.84 Å². The Morgan fingerprint density at radius 3 is 2.82 bits per heavy atom. The van der Waals surface area contributed by atoms with Gasteiger partial charge < -0.3 is 10.2 Å². The summed E-state index contributed by atoms with van der Waals surface area (Å²) < 4.78 is 13.3. The topological polar surface area (TPSA) is 50.7 Å². The number of nitrogens with one attached hydrogen (secondary N) is 1. The third-order valence-electron chi connectivity index (χ3n) is 3.03. The molecule has 0 radical (unpaired) electrons. The summed E-state index contributed by atoms with van der Waals surface area (Å²) in [4.78, 5) is 16.7. The third-order valence-corrected chi connectivity index (χ3v) is 3.03. The first-order valence-electron chi connectivity index (χ1n) is 6.83. The summed E-state index contributed by atoms with van der Waals surface area (Å²) in [5, 5.41) is 6.35. The number of halogens is 1. The highest BCUT2D eigenvalue weighted by Crippen LogP contribution is 2.16. The van der Waals surface area contributed by atoms with Crippen molar-refractivity contribution >= 4 is 17.8 Å². The molecule has 0 heterocycles. The minimum absolute atomic E-state index is 0.238. The minimum atomic E-state index is -0.394. The second-order valence-electron chi connectivity index (χ2n) is 4.90. The van der Waals surface area contributed by atoms with E-state index < -0.39 is 5.82 Å². The number of rotatable bonds is 5. The Kier molecular flexibility index (Phi) is 5.25. The van der Waals surface area contributed by atoms with Crippen molar-refractivity contribution in [1.82, 2.24) is 0 Å². The molecule has 0 saturated carbocycles. The molecule has 0 atom stereocenters. The molecule has 2 aromatic carbocycles. The van der Waals surface area contributed by atoms with Crippen LogP contribution in [0.2, 0.25) is 0 Å². The predicted octanol–water partition coefficient (Wildman–Crippen LogP) is 3.43. The lowest BCUT2D eigenvalue weighted by molar-refractivity contribution is -0.120. The van der Waals surface area contributed by atoms with Crippen LogP contribution in [0.5, 0.6) is 0 Å². The van der Waals surface area contributed by atoms with Crippen LogP contribution in [0.25, 0.3) is 0 Å². The van der Waals surface area contributed by atoms with Gasteiger partial charge in [-0.25, -0.2) is 4.39 Å². The molecule has 22 heavy (non-hydrogen) atoms. The summed E-state index contributed by atoms with van der Waals surface area (Å²) in [5.74, 6) is -0.714. The van der Waals surface area contributed by atoms with Crippen LogP contribution in [0.4, 0.5) is 10.1 Å². The maximum Gasteiger partial charge on any atom is 0.265 e. The summed E-state index contributed by atoms with van der Waals surface area (Å²) in [5.41, 5.74) is 3.07. The molecule has 5 heteroatoms. The van der Waals surface area contributed by atoms with E-state index in [1.165, 1.54) is 12.3 Å². The lowest BCUT2D eigenvalue weighted by atomic mass is 10.1. The summed E-state index contributed by atoms with van der Waals surface area (Å²) in [6.45, 7) is 3.62. The molecule has 0 aliphatic carbocycles. The molecule has 0 aromatic heterocycles. The van der Waals surface area contributed by atoms with E-state index in [2.05, 4.69) is 10.5 Å². The summed E-state index contributed by atoms with van der Waals surface area (Å²) >= 11 is 0. The highest BCUT2D eigenvalue weighted by atomic mass is 19.1. The molecule has 1 amide bonds. The molecular formula is C17H17FN2O2. The summed E-state index contributed by atoms with van der Waals surface area (Å²) in [6, 6.07) is 12.0. The Balaban J connectivity index is 1.86. The zero-order valence-corrected chi connectivity index (χ0v) is 12.5. The van der Waals surface area contributed by atoms with Crippen molar-refractivity contribution in [2.45, 2.75) is 13.8 Å². The van der Waals surface area contributed by atoms with Crippen LogP contribution in [0.1, 0.15) is 16.7 Å². The Hall–Kier alpha value is -2.69. The van der Waals surface area contributed by atoms with E-state index in [0.29, 0.717) is 5.56 Å². The van der Waals surface area contributed by atoms with Crippen molar-refractivity contribution in [3.05, 3.63) is 65.0 Å². The number of amides is 1. The standard InChI is InChI=1S/C17H17FN2O2/c1-12-7-8-13(2)16(9-12)20-17(21)11-22-19-10-14-5-3-4-6-15(14)18/h3-10H,11H2,1-2H3,(H,20,21)/b19-10-. The van der Waals surface area contributed by atoms with Crippen LogP contribution < -0.4 is 5.32 Å². The molecule has 0 unspecified atom stereocenters. The first-order chi connectivity index (χ1) is 10.6. The van der Waals surface area contributed by atoms with Gasteiger partial charge in [-0.2, -0.15) is 0 Å². The number of hydrogen-bond donors (Lipinski definition) is 1. The Labute approximate surface area is 128 Å². The van der Waals surface area contributed by atoms with E-state index in [0.717, 1.165) is 16.8 Å². The minimum Gasteiger partial charge on any atom is -0.386 e. The normalized spacial score (nSPS) is 10.7. The number of aryl methyl sites for hydroxylation is 2. The van der Waals surface area contributed by atoms with Crippen molar-refractivity contribution in [3.63, 3.8) is 0 Å². The summed E-state index contributed by atoms with van der Waals surface area (Å²) in [7, 11) is 0. The second-order valence-corrected chi connectivity index (χ2v) is 4.90. The van der Waals surface area contributed by atoms with Gasteiger partial charge in [-0.3, -0.25) is 4.79 Å². The maximum atomic E-state index is 13.3. The predicted molar refractivity (Wildman–Crippen MR) is 84.5 cm³/mol. The molecule has 2 aromatic rings. The van der Waals surface area contributed by atoms with Gasteiger partial charge in [0.15, 0.2) is 6.61 Å². The molecule has 2 rings (SSSR count). The molecule has 0 saturated heterocycles. The number of hydrogen-bond acceptors (Lipinski definition) is 3. The highest BCUT2D eigenvalue weighted by molar-refractivity contribution is 5.92. The van der Waals surface area contributed by atoms with Crippen molar-refractivity contribution in [3.8, 4) is 0 Å². The van der Waals surface area contributed by atoms with E-state index in [1.54, 1.807) is 18.2 Å². The molecule has 114 valence electrons. The fourth-order valence-electron chi connectivity index (χ4n) is 1.83. The number of carbonyl (C=O) groups is 1. The van der Waals surface area contributed by atoms with E-state index in [9.17, 15) is 9.18 Å². The fraction of sp³-hybridized carbons (Fsp3) is 0.176. The van der Waals surface area contributed by atoms with Gasteiger partial charge in [0.25, 0.3) is 5.91 Å². The zero-order valence-electron chi connectivity index (χ0n) is 12.5. The van der Waals surface area contributed by atoms with Gasteiger partial charge in [-0.15, -0.1) is 0 Å². The van der Waals surface area contributed by atoms with Gasteiger partial charge in [-0.1, -0.05) is 35.5 Å². The number of anilines is 1. The quantitative estimate of drug-likeness (QED) is 0.679. The monoisotopic (exact) mass is 300 g/mol. The Morgan fingerprint density at radius 2 is 2.05 bits per heavy atom. The third kappa shape index (κ3) is 4.41. The molecule has 0 fully saturated rings. The lowest BCUT2D eigenvalue weighted by Gasteiger charge is -2.08. The van der Waals surface area contributed by atoms with Gasteiger partial charge >= 0.3 is 0 Å². The van der Waals surface area contributed by atoms with Crippen LogP contribution >= 0.6 is 0 Å². The second kappa shape index (κ2) is 7.36. The molecule has 0 aliphatic heterocycles. The van der Waals surface area contributed by atoms with Crippen molar-refractivity contribution in [1.29, 1.82) is 0 Å². The molecule has 4 nitrogen and oxygen atoms in total. The molecule has 1 N–H and O–H groups in total. The van der Waals surface area contributed by atoms with E-state index in [-0.39, 0.29) is 12.5 Å². The van der Waals surface area contributed by atoms with Crippen molar-refractivity contribution in [2.75, 3.05) is 11.9 Å². The van der Waals surface area contributed by atoms with Crippen LogP contribution in [0.15, 0.2) is 47.6 Å². The van der Waals surface area contributed by atoms with E-state index >= 15 is 0 Å². The van der Waals surface area contributed by atoms with Gasteiger partial charge in [0.05, 0.1) is 6.21 Å².